The maximum atomic E-state index is 13.2. The second-order valence-corrected chi connectivity index (χ2v) is 17.7. The molecule has 6 rings (SSSR count). The Balaban J connectivity index is 1.29. The van der Waals surface area contributed by atoms with Crippen molar-refractivity contribution in [3.05, 3.63) is 0 Å². The van der Waals surface area contributed by atoms with E-state index in [4.69, 9.17) is 9.47 Å². The molecule has 0 bridgehead atoms. The van der Waals surface area contributed by atoms with Crippen molar-refractivity contribution >= 4 is 11.9 Å². The number of esters is 2. The lowest BCUT2D eigenvalue weighted by atomic mass is 9.44. The molecule has 6 aliphatic rings. The highest BCUT2D eigenvalue weighted by Crippen LogP contribution is 2.67. The summed E-state index contributed by atoms with van der Waals surface area (Å²) in [6.07, 6.45) is 16.2. The molecule has 44 heavy (non-hydrogen) atoms. The Bertz CT molecular complexity index is 1050. The number of fused-ring (bicyclic) bond motifs is 5. The Morgan fingerprint density at radius 1 is 0.773 bits per heavy atom. The minimum atomic E-state index is -0.0812. The Morgan fingerprint density at radius 3 is 2.07 bits per heavy atom. The molecule has 6 nitrogen and oxygen atoms in total. The van der Waals surface area contributed by atoms with Crippen LogP contribution >= 0.6 is 0 Å². The fourth-order valence-electron chi connectivity index (χ4n) is 11.9. The zero-order valence-corrected chi connectivity index (χ0v) is 29.3. The molecule has 0 radical (unpaired) electrons. The fourth-order valence-corrected chi connectivity index (χ4v) is 11.9. The van der Waals surface area contributed by atoms with Crippen molar-refractivity contribution in [2.24, 2.45) is 46.3 Å². The maximum Gasteiger partial charge on any atom is 0.308 e. The Hall–Kier alpha value is -1.14. The largest absolute Gasteiger partial charge is 0.460 e. The smallest absolute Gasteiger partial charge is 0.308 e. The van der Waals surface area contributed by atoms with E-state index in [-0.39, 0.29) is 46.8 Å². The second kappa shape index (κ2) is 12.5. The summed E-state index contributed by atoms with van der Waals surface area (Å²) in [5, 5.41) is 0. The van der Waals surface area contributed by atoms with Gasteiger partial charge in [0.05, 0.1) is 32.0 Å². The van der Waals surface area contributed by atoms with Gasteiger partial charge < -0.3 is 14.0 Å². The van der Waals surface area contributed by atoms with Crippen LogP contribution in [-0.4, -0.2) is 78.8 Å². The van der Waals surface area contributed by atoms with E-state index in [9.17, 15) is 9.59 Å². The molecule has 6 heteroatoms. The van der Waals surface area contributed by atoms with Gasteiger partial charge in [0, 0.05) is 17.9 Å². The van der Waals surface area contributed by atoms with Gasteiger partial charge in [0.1, 0.15) is 12.1 Å². The van der Waals surface area contributed by atoms with Gasteiger partial charge >= 0.3 is 11.9 Å². The predicted octanol–water partition coefficient (Wildman–Crippen LogP) is 7.24. The van der Waals surface area contributed by atoms with Crippen LogP contribution in [0.4, 0.5) is 0 Å². The van der Waals surface area contributed by atoms with Crippen molar-refractivity contribution in [3.8, 4) is 0 Å². The summed E-state index contributed by atoms with van der Waals surface area (Å²) >= 11 is 0. The molecule has 250 valence electrons. The molecular weight excluding hydrogens is 548 g/mol. The highest BCUT2D eigenvalue weighted by Gasteiger charge is 2.67. The number of hydrogen-bond acceptors (Lipinski definition) is 5. The highest BCUT2D eigenvalue weighted by molar-refractivity contribution is 5.72. The molecule has 10 atom stereocenters. The lowest BCUT2D eigenvalue weighted by Gasteiger charge is -2.62. The molecule has 2 saturated heterocycles. The van der Waals surface area contributed by atoms with Gasteiger partial charge in [0.25, 0.3) is 0 Å². The van der Waals surface area contributed by atoms with Gasteiger partial charge in [0.2, 0.25) is 0 Å². The van der Waals surface area contributed by atoms with E-state index in [0.29, 0.717) is 35.8 Å². The van der Waals surface area contributed by atoms with Gasteiger partial charge in [-0.1, -0.05) is 48.0 Å². The van der Waals surface area contributed by atoms with Crippen LogP contribution in [-0.2, 0) is 19.1 Å². The van der Waals surface area contributed by atoms with Gasteiger partial charge in [-0.15, -0.1) is 0 Å². The van der Waals surface area contributed by atoms with Crippen LogP contribution in [0.15, 0.2) is 0 Å². The minimum absolute atomic E-state index is 0.00178. The number of carbonyl (C=O) groups is 2. The average Bonchev–Trinajstić information content (AvgIpc) is 3.30. The van der Waals surface area contributed by atoms with E-state index in [1.807, 2.05) is 27.7 Å². The van der Waals surface area contributed by atoms with Crippen LogP contribution in [0.3, 0.4) is 0 Å². The Kier molecular flexibility index (Phi) is 9.29. The normalized spacial score (nSPS) is 44.0. The number of carbonyl (C=O) groups excluding carboxylic acids is 2. The quantitative estimate of drug-likeness (QED) is 0.234. The van der Waals surface area contributed by atoms with Gasteiger partial charge in [-0.05, 0) is 113 Å². The number of ether oxygens (including phenoxy) is 2. The number of hydrogen-bond donors (Lipinski definition) is 0. The summed E-state index contributed by atoms with van der Waals surface area (Å²) in [4.78, 5) is 28.9. The lowest BCUT2D eigenvalue weighted by molar-refractivity contribution is -0.940. The Morgan fingerprint density at radius 2 is 1.41 bits per heavy atom. The summed E-state index contributed by atoms with van der Waals surface area (Å²) in [7, 11) is 2.49. The molecule has 0 unspecified atom stereocenters. The maximum absolute atomic E-state index is 13.2. The summed E-state index contributed by atoms with van der Waals surface area (Å²) in [6, 6.07) is 0.768. The van der Waals surface area contributed by atoms with Crippen LogP contribution in [0.2, 0.25) is 0 Å². The molecular formula is C38H65N2O4+. The summed E-state index contributed by atoms with van der Waals surface area (Å²) in [5.41, 5.74) is 0.341. The van der Waals surface area contributed by atoms with E-state index < -0.39 is 0 Å². The number of rotatable bonds is 6. The minimum Gasteiger partial charge on any atom is -0.460 e. The van der Waals surface area contributed by atoms with E-state index in [1.54, 1.807) is 0 Å². The average molecular weight is 614 g/mol. The first-order chi connectivity index (χ1) is 20.9. The van der Waals surface area contributed by atoms with Crippen LogP contribution in [0.1, 0.15) is 125 Å². The third kappa shape index (κ3) is 5.69. The first kappa shape index (κ1) is 32.8. The molecule has 0 amide bonds. The zero-order valence-electron chi connectivity index (χ0n) is 29.3. The van der Waals surface area contributed by atoms with Crippen molar-refractivity contribution in [1.82, 2.24) is 4.90 Å². The lowest BCUT2D eigenvalue weighted by Crippen LogP contribution is -2.61. The van der Waals surface area contributed by atoms with E-state index in [2.05, 4.69) is 25.8 Å². The second-order valence-electron chi connectivity index (χ2n) is 17.7. The fraction of sp³-hybridized carbons (Fsp3) is 0.947. The molecule has 0 aromatic heterocycles. The van der Waals surface area contributed by atoms with E-state index in [0.717, 1.165) is 24.0 Å². The number of likely N-dealkylation sites (tertiary alicyclic amines) is 2. The van der Waals surface area contributed by atoms with Crippen molar-refractivity contribution < 1.29 is 23.5 Å². The number of quaternary nitrogens is 1. The third-order valence-corrected chi connectivity index (χ3v) is 14.5. The standard InChI is InChI=1S/C38H65N2O4/c1-25(2)35(41)43-33-22-27-14-15-28-29(38(27,6)24-31(33)39-18-10-8-11-19-39)16-17-37(5)30(28)23-32(34(37)44-36(42)26(3)4)40(7)20-12-9-13-21-40/h25-34H,8-24H2,1-7H3/q+1/t27-,28+,29-,30-,31-,32-,33-,34-,37-,38-/m0/s1. The Labute approximate surface area is 268 Å². The van der Waals surface area contributed by atoms with Crippen LogP contribution < -0.4 is 0 Å². The van der Waals surface area contributed by atoms with Crippen LogP contribution in [0, 0.1) is 46.3 Å². The summed E-state index contributed by atoms with van der Waals surface area (Å²) in [5.74, 6) is 2.48. The molecule has 0 aromatic carbocycles. The van der Waals surface area contributed by atoms with E-state index in [1.165, 1.54) is 90.1 Å². The SMILES string of the molecule is CC(C)C(=O)O[C@H]1C[C@@H]2CC[C@@H]3[C@H](CC[C@@]4(C)[C@H]3C[C@H]([N+]3(C)CCCCC3)[C@@H]4OC(=O)C(C)C)[C@@]2(C)C[C@@H]1N1CCCCC1. The first-order valence-corrected chi connectivity index (χ1v) is 18.9. The van der Waals surface area contributed by atoms with Crippen molar-refractivity contribution in [1.29, 1.82) is 0 Å². The molecule has 0 aromatic rings. The van der Waals surface area contributed by atoms with Crippen molar-refractivity contribution in [2.75, 3.05) is 33.2 Å². The molecule has 2 heterocycles. The summed E-state index contributed by atoms with van der Waals surface area (Å²) in [6.45, 7) is 17.9. The van der Waals surface area contributed by atoms with Gasteiger partial charge in [-0.25, -0.2) is 0 Å². The first-order valence-electron chi connectivity index (χ1n) is 18.9. The van der Waals surface area contributed by atoms with Gasteiger partial charge in [0.15, 0.2) is 6.10 Å². The monoisotopic (exact) mass is 613 g/mol. The summed E-state index contributed by atoms with van der Waals surface area (Å²) < 4.78 is 14.1. The predicted molar refractivity (Wildman–Crippen MR) is 175 cm³/mol. The van der Waals surface area contributed by atoms with Gasteiger partial charge in [-0.2, -0.15) is 0 Å². The number of nitrogens with zero attached hydrogens (tertiary/aromatic N) is 2. The van der Waals surface area contributed by atoms with Crippen LogP contribution in [0.5, 0.6) is 0 Å². The number of likely N-dealkylation sites (N-methyl/N-ethyl adjacent to an activating group) is 1. The molecule has 6 fully saturated rings. The molecule has 2 aliphatic heterocycles. The number of piperidine rings is 2. The van der Waals surface area contributed by atoms with Crippen LogP contribution in [0.25, 0.3) is 0 Å². The molecule has 0 spiro atoms. The van der Waals surface area contributed by atoms with Gasteiger partial charge in [-0.3, -0.25) is 14.5 Å². The topological polar surface area (TPSA) is 55.8 Å². The van der Waals surface area contributed by atoms with E-state index >= 15 is 0 Å². The van der Waals surface area contributed by atoms with Crippen molar-refractivity contribution in [3.63, 3.8) is 0 Å². The third-order valence-electron chi connectivity index (χ3n) is 14.5. The highest BCUT2D eigenvalue weighted by atomic mass is 16.6. The molecule has 4 saturated carbocycles. The molecule has 4 aliphatic carbocycles. The zero-order chi connectivity index (χ0) is 31.4. The van der Waals surface area contributed by atoms with Crippen molar-refractivity contribution in [2.45, 2.75) is 149 Å². The molecule has 0 N–H and O–H groups in total.